The molecule has 3 heterocycles. The third-order valence-corrected chi connectivity index (χ3v) is 5.94. The molecular weight excluding hydrogens is 330 g/mol. The predicted octanol–water partition coefficient (Wildman–Crippen LogP) is 4.25. The molecule has 3 heteroatoms. The van der Waals surface area contributed by atoms with Gasteiger partial charge in [-0.15, -0.1) is 0 Å². The standard InChI is InChI=1S/C24H15N3/c1-4-10-16-13(7-1)19-20-14-8-2-5-11-17(14)26-23(20)24-21(22(19)25-16)15-9-3-6-12-18(15)27-24/h1-7,9-12,26-27H,8H2. The average molecular weight is 345 g/mol. The Hall–Kier alpha value is -3.59. The first-order chi connectivity index (χ1) is 13.4. The summed E-state index contributed by atoms with van der Waals surface area (Å²) in [5.74, 6) is 0. The van der Waals surface area contributed by atoms with Crippen LogP contribution in [0, 0.1) is 10.4 Å². The summed E-state index contributed by atoms with van der Waals surface area (Å²) in [6, 6.07) is 17.0. The lowest BCUT2D eigenvalue weighted by Gasteiger charge is -2.03. The minimum Gasteiger partial charge on any atom is -0.353 e. The number of hydrogen-bond acceptors (Lipinski definition) is 1. The lowest BCUT2D eigenvalue weighted by Crippen LogP contribution is -2.08. The van der Waals surface area contributed by atoms with E-state index in [1.54, 1.807) is 0 Å². The van der Waals surface area contributed by atoms with E-state index in [0.717, 1.165) is 28.5 Å². The predicted molar refractivity (Wildman–Crippen MR) is 110 cm³/mol. The van der Waals surface area contributed by atoms with Gasteiger partial charge in [0.1, 0.15) is 0 Å². The molecule has 0 bridgehead atoms. The zero-order valence-corrected chi connectivity index (χ0v) is 14.5. The van der Waals surface area contributed by atoms with E-state index in [4.69, 9.17) is 4.99 Å². The van der Waals surface area contributed by atoms with Crippen LogP contribution in [0.1, 0.15) is 5.56 Å². The van der Waals surface area contributed by atoms with Gasteiger partial charge in [0.15, 0.2) is 0 Å². The Morgan fingerprint density at radius 2 is 1.70 bits per heavy atom. The van der Waals surface area contributed by atoms with Gasteiger partial charge in [-0.2, -0.15) is 0 Å². The Labute approximate surface area is 153 Å². The lowest BCUT2D eigenvalue weighted by molar-refractivity contribution is 1.21. The molecule has 0 radical (unpaired) electrons. The van der Waals surface area contributed by atoms with Crippen LogP contribution in [0.25, 0.3) is 38.8 Å². The first-order valence-electron chi connectivity index (χ1n) is 9.32. The topological polar surface area (TPSA) is 43.9 Å². The van der Waals surface area contributed by atoms with Crippen molar-refractivity contribution in [3.05, 3.63) is 87.4 Å². The average Bonchev–Trinajstić information content (AvgIpc) is 3.38. The van der Waals surface area contributed by atoms with Gasteiger partial charge in [0.25, 0.3) is 0 Å². The van der Waals surface area contributed by atoms with E-state index in [0.29, 0.717) is 0 Å². The number of nitrogens with one attached hydrogen (secondary N) is 2. The number of nitrogens with zero attached hydrogens (tertiary/aromatic N) is 1. The molecule has 3 aromatic carbocycles. The summed E-state index contributed by atoms with van der Waals surface area (Å²) in [7, 11) is 0. The van der Waals surface area contributed by atoms with E-state index in [9.17, 15) is 0 Å². The van der Waals surface area contributed by atoms with Crippen molar-refractivity contribution in [2.24, 2.45) is 4.99 Å². The van der Waals surface area contributed by atoms with Crippen molar-refractivity contribution in [1.29, 1.82) is 0 Å². The molecular formula is C24H15N3. The highest BCUT2D eigenvalue weighted by Gasteiger charge is 2.21. The van der Waals surface area contributed by atoms with Crippen molar-refractivity contribution < 1.29 is 0 Å². The van der Waals surface area contributed by atoms with Crippen LogP contribution < -0.4 is 10.7 Å². The molecule has 126 valence electrons. The summed E-state index contributed by atoms with van der Waals surface area (Å²) in [6.45, 7) is 0. The molecule has 0 atom stereocenters. The maximum absolute atomic E-state index is 5.08. The van der Waals surface area contributed by atoms with E-state index >= 15 is 0 Å². The molecule has 2 aromatic heterocycles. The second-order valence-corrected chi connectivity index (χ2v) is 7.34. The van der Waals surface area contributed by atoms with Crippen molar-refractivity contribution >= 4 is 44.5 Å². The first kappa shape index (κ1) is 13.6. The lowest BCUT2D eigenvalue weighted by atomic mass is 10.00. The summed E-state index contributed by atoms with van der Waals surface area (Å²) in [5.41, 5.74) is 5.98. The third kappa shape index (κ3) is 1.56. The molecule has 0 saturated carbocycles. The molecule has 0 amide bonds. The molecule has 7 rings (SSSR count). The maximum Gasteiger partial charge on any atom is 0.0824 e. The summed E-state index contributed by atoms with van der Waals surface area (Å²) < 4.78 is 0. The van der Waals surface area contributed by atoms with Gasteiger partial charge < -0.3 is 9.97 Å². The molecule has 5 aromatic rings. The number of fused-ring (bicyclic) bond motifs is 11. The van der Waals surface area contributed by atoms with E-state index in [-0.39, 0.29) is 0 Å². The van der Waals surface area contributed by atoms with E-state index < -0.39 is 0 Å². The van der Waals surface area contributed by atoms with Gasteiger partial charge in [0.05, 0.1) is 22.1 Å². The zero-order chi connectivity index (χ0) is 17.5. The minimum atomic E-state index is 0.951. The Morgan fingerprint density at radius 3 is 2.70 bits per heavy atom. The normalized spacial score (nSPS) is 14.2. The molecule has 0 spiro atoms. The van der Waals surface area contributed by atoms with Gasteiger partial charge in [-0.1, -0.05) is 48.6 Å². The Morgan fingerprint density at radius 1 is 0.852 bits per heavy atom. The summed E-state index contributed by atoms with van der Waals surface area (Å²) in [5, 5.41) is 8.56. The molecule has 27 heavy (non-hydrogen) atoms. The number of benzene rings is 3. The molecule has 0 unspecified atom stereocenters. The van der Waals surface area contributed by atoms with Crippen LogP contribution in [0.2, 0.25) is 0 Å². The van der Waals surface area contributed by atoms with Crippen molar-refractivity contribution in [3.63, 3.8) is 0 Å². The van der Waals surface area contributed by atoms with Crippen molar-refractivity contribution in [1.82, 2.24) is 9.97 Å². The van der Waals surface area contributed by atoms with Gasteiger partial charge in [-0.05, 0) is 30.2 Å². The van der Waals surface area contributed by atoms with Crippen LogP contribution in [-0.2, 0) is 6.42 Å². The molecule has 0 fully saturated rings. The van der Waals surface area contributed by atoms with Crippen LogP contribution in [0.15, 0.2) is 65.7 Å². The number of rotatable bonds is 0. The second-order valence-electron chi connectivity index (χ2n) is 7.34. The van der Waals surface area contributed by atoms with Crippen LogP contribution in [-0.4, -0.2) is 9.97 Å². The smallest absolute Gasteiger partial charge is 0.0824 e. The molecule has 1 aliphatic carbocycles. The third-order valence-electron chi connectivity index (χ3n) is 5.94. The van der Waals surface area contributed by atoms with Crippen molar-refractivity contribution in [2.45, 2.75) is 6.42 Å². The Kier molecular flexibility index (Phi) is 2.30. The Bertz CT molecular complexity index is 1690. The number of H-pyrrole nitrogens is 2. The largest absolute Gasteiger partial charge is 0.353 e. The Balaban J connectivity index is 1.93. The maximum atomic E-state index is 5.08. The highest BCUT2D eigenvalue weighted by molar-refractivity contribution is 6.21. The SMILES string of the molecule is C1=CCc2c([nH]c3c2c2c(c4c5ccccc5[nH]c34)N=c3ccccc3=2)=C1. The van der Waals surface area contributed by atoms with Crippen LogP contribution >= 0.6 is 0 Å². The second kappa shape index (κ2) is 4.57. The number of para-hydroxylation sites is 2. The first-order valence-corrected chi connectivity index (χ1v) is 9.32. The van der Waals surface area contributed by atoms with E-state index in [1.807, 2.05) is 0 Å². The fourth-order valence-electron chi connectivity index (χ4n) is 4.82. The molecule has 2 aliphatic rings. The highest BCUT2D eigenvalue weighted by Crippen LogP contribution is 2.41. The van der Waals surface area contributed by atoms with Crippen molar-refractivity contribution in [3.8, 4) is 0 Å². The minimum absolute atomic E-state index is 0.951. The number of allylic oxidation sites excluding steroid dienone is 2. The number of aromatic amines is 2. The van der Waals surface area contributed by atoms with Gasteiger partial charge >= 0.3 is 0 Å². The summed E-state index contributed by atoms with van der Waals surface area (Å²) in [6.07, 6.45) is 7.50. The van der Waals surface area contributed by atoms with Gasteiger partial charge in [-0.25, -0.2) is 4.99 Å². The van der Waals surface area contributed by atoms with Crippen LogP contribution in [0.5, 0.6) is 0 Å². The molecule has 3 nitrogen and oxygen atoms in total. The van der Waals surface area contributed by atoms with Gasteiger partial charge in [0.2, 0.25) is 0 Å². The van der Waals surface area contributed by atoms with Crippen LogP contribution in [0.4, 0.5) is 5.69 Å². The molecule has 2 N–H and O–H groups in total. The van der Waals surface area contributed by atoms with Gasteiger partial charge in [-0.3, -0.25) is 0 Å². The number of hydrogen-bond donors (Lipinski definition) is 2. The summed E-state index contributed by atoms with van der Waals surface area (Å²) in [4.78, 5) is 12.4. The fourth-order valence-corrected chi connectivity index (χ4v) is 4.82. The van der Waals surface area contributed by atoms with Crippen LogP contribution in [0.3, 0.4) is 0 Å². The zero-order valence-electron chi connectivity index (χ0n) is 14.5. The van der Waals surface area contributed by atoms with Crippen molar-refractivity contribution in [2.75, 3.05) is 0 Å². The highest BCUT2D eigenvalue weighted by atomic mass is 14.8. The molecule has 0 saturated heterocycles. The van der Waals surface area contributed by atoms with E-state index in [1.165, 1.54) is 43.0 Å². The van der Waals surface area contributed by atoms with E-state index in [2.05, 4.69) is 76.7 Å². The van der Waals surface area contributed by atoms with Gasteiger partial charge in [0, 0.05) is 37.5 Å². The quantitative estimate of drug-likeness (QED) is 0.413. The number of aromatic nitrogens is 2. The fraction of sp³-hybridized carbons (Fsp3) is 0.0417. The monoisotopic (exact) mass is 345 g/mol. The molecule has 1 aliphatic heterocycles. The summed E-state index contributed by atoms with van der Waals surface area (Å²) >= 11 is 0.